The number of fused-ring (bicyclic) bond motifs is 1. The lowest BCUT2D eigenvalue weighted by Gasteiger charge is -2.33. The molecule has 4 aromatic rings. The van der Waals surface area contributed by atoms with Gasteiger partial charge >= 0.3 is 5.97 Å². The Bertz CT molecular complexity index is 1320. The Morgan fingerprint density at radius 2 is 1.70 bits per heavy atom. The Hall–Kier alpha value is -4.19. The number of ether oxygens (including phenoxy) is 1. The van der Waals surface area contributed by atoms with Gasteiger partial charge in [0.15, 0.2) is 0 Å². The van der Waals surface area contributed by atoms with Gasteiger partial charge in [0.2, 0.25) is 5.91 Å². The zero-order valence-corrected chi connectivity index (χ0v) is 17.8. The average molecular weight is 438 g/mol. The molecule has 6 heteroatoms. The second-order valence-corrected chi connectivity index (χ2v) is 8.12. The van der Waals surface area contributed by atoms with Crippen LogP contribution in [0.15, 0.2) is 84.9 Å². The maximum Gasteiger partial charge on any atom is 0.327 e. The second kappa shape index (κ2) is 8.74. The zero-order valence-electron chi connectivity index (χ0n) is 17.8. The number of nitrogens with zero attached hydrogens (tertiary/aromatic N) is 1. The summed E-state index contributed by atoms with van der Waals surface area (Å²) in [5, 5.41) is 12.6. The normalized spacial score (nSPS) is 17.3. The topological polar surface area (TPSA) is 88.5 Å². The number of aliphatic carboxylic acids is 1. The van der Waals surface area contributed by atoms with Gasteiger partial charge in [-0.05, 0) is 36.2 Å². The van der Waals surface area contributed by atoms with Crippen LogP contribution in [0.2, 0.25) is 0 Å². The lowest BCUT2D eigenvalue weighted by Crippen LogP contribution is -2.62. The SMILES string of the molecule is O=C(O)[C@H]1NC(=O)[C@@H]1Cc1ccc(OCc2cc(-c3ccccc3)nc3ccccc23)cc1. The number of aromatic nitrogens is 1. The standard InChI is InChI=1S/C27H22N2O4/c30-26-22(25(29-26)27(31)32)14-17-10-12-20(13-11-17)33-16-19-15-24(18-6-2-1-3-7-18)28-23-9-5-4-8-21(19)23/h1-13,15,22,25H,14,16H2,(H,29,30)(H,31,32)/t22-,25+/m1/s1. The van der Waals surface area contributed by atoms with Crippen LogP contribution >= 0.6 is 0 Å². The summed E-state index contributed by atoms with van der Waals surface area (Å²) in [6.07, 6.45) is 0.387. The predicted octanol–water partition coefficient (Wildman–Crippen LogP) is 4.22. The molecular weight excluding hydrogens is 416 g/mol. The fraction of sp³-hybridized carbons (Fsp3) is 0.148. The number of amides is 1. The van der Waals surface area contributed by atoms with Gasteiger partial charge in [-0.15, -0.1) is 0 Å². The molecule has 3 aromatic carbocycles. The number of pyridine rings is 1. The molecule has 0 spiro atoms. The van der Waals surface area contributed by atoms with Crippen LogP contribution in [0, 0.1) is 5.92 Å². The van der Waals surface area contributed by atoms with Gasteiger partial charge in [-0.2, -0.15) is 0 Å². The van der Waals surface area contributed by atoms with E-state index in [2.05, 4.69) is 11.4 Å². The minimum Gasteiger partial charge on any atom is -0.489 e. The van der Waals surface area contributed by atoms with Gasteiger partial charge in [-0.25, -0.2) is 9.78 Å². The summed E-state index contributed by atoms with van der Waals surface area (Å²) in [5.74, 6) is -1.05. The van der Waals surface area contributed by atoms with E-state index in [1.54, 1.807) is 0 Å². The first-order valence-corrected chi connectivity index (χ1v) is 10.8. The van der Waals surface area contributed by atoms with Crippen molar-refractivity contribution in [1.29, 1.82) is 0 Å². The number of carbonyl (C=O) groups excluding carboxylic acids is 1. The van der Waals surface area contributed by atoms with Crippen LogP contribution < -0.4 is 10.1 Å². The van der Waals surface area contributed by atoms with E-state index < -0.39 is 17.9 Å². The number of carboxylic acids is 1. The Balaban J connectivity index is 1.32. The summed E-state index contributed by atoms with van der Waals surface area (Å²) >= 11 is 0. The highest BCUT2D eigenvalue weighted by molar-refractivity contribution is 5.96. The van der Waals surface area contributed by atoms with Gasteiger partial charge in [0.25, 0.3) is 0 Å². The molecule has 33 heavy (non-hydrogen) atoms. The van der Waals surface area contributed by atoms with E-state index in [0.29, 0.717) is 18.8 Å². The van der Waals surface area contributed by atoms with E-state index >= 15 is 0 Å². The summed E-state index contributed by atoms with van der Waals surface area (Å²) in [4.78, 5) is 27.7. The Kier molecular flexibility index (Phi) is 5.48. The minimum absolute atomic E-state index is 0.221. The summed E-state index contributed by atoms with van der Waals surface area (Å²) in [6.45, 7) is 0.383. The first-order valence-electron chi connectivity index (χ1n) is 10.8. The van der Waals surface area contributed by atoms with Crippen LogP contribution in [-0.2, 0) is 22.6 Å². The highest BCUT2D eigenvalue weighted by Gasteiger charge is 2.43. The minimum atomic E-state index is -1.00. The molecule has 2 heterocycles. The number of carboxylic acid groups (broad SMARTS) is 1. The van der Waals surface area contributed by atoms with E-state index in [9.17, 15) is 9.59 Å². The number of β-lactam (4-membered cyclic amide) rings is 1. The van der Waals surface area contributed by atoms with E-state index in [1.165, 1.54) is 0 Å². The molecule has 164 valence electrons. The number of benzene rings is 3. The predicted molar refractivity (Wildman–Crippen MR) is 125 cm³/mol. The maximum atomic E-state index is 11.7. The quantitative estimate of drug-likeness (QED) is 0.422. The number of nitrogens with one attached hydrogen (secondary N) is 1. The molecule has 2 N–H and O–H groups in total. The van der Waals surface area contributed by atoms with E-state index in [-0.39, 0.29) is 5.91 Å². The molecular formula is C27H22N2O4. The molecule has 1 amide bonds. The second-order valence-electron chi connectivity index (χ2n) is 8.12. The molecule has 1 aliphatic heterocycles. The van der Waals surface area contributed by atoms with Crippen LogP contribution in [0.4, 0.5) is 0 Å². The average Bonchev–Trinajstić information content (AvgIpc) is 2.85. The van der Waals surface area contributed by atoms with Gasteiger partial charge in [0.1, 0.15) is 18.4 Å². The van der Waals surface area contributed by atoms with Gasteiger partial charge in [-0.3, -0.25) is 4.79 Å². The van der Waals surface area contributed by atoms with E-state index in [1.807, 2.05) is 78.9 Å². The molecule has 1 aliphatic rings. The number of hydrogen-bond donors (Lipinski definition) is 2. The van der Waals surface area contributed by atoms with Crippen molar-refractivity contribution in [3.05, 3.63) is 96.1 Å². The Morgan fingerprint density at radius 3 is 2.42 bits per heavy atom. The van der Waals surface area contributed by atoms with Crippen molar-refractivity contribution in [2.45, 2.75) is 19.1 Å². The van der Waals surface area contributed by atoms with Gasteiger partial charge in [0.05, 0.1) is 17.1 Å². The van der Waals surface area contributed by atoms with Crippen LogP contribution in [0.5, 0.6) is 5.75 Å². The summed E-state index contributed by atoms with van der Waals surface area (Å²) in [6, 6.07) is 26.8. The summed E-state index contributed by atoms with van der Waals surface area (Å²) in [5.41, 5.74) is 4.80. The van der Waals surface area contributed by atoms with Crippen LogP contribution in [0.3, 0.4) is 0 Å². The van der Waals surface area contributed by atoms with E-state index in [4.69, 9.17) is 14.8 Å². The molecule has 5 rings (SSSR count). The Morgan fingerprint density at radius 1 is 0.970 bits per heavy atom. The van der Waals surface area contributed by atoms with Crippen LogP contribution in [0.25, 0.3) is 22.2 Å². The fourth-order valence-electron chi connectivity index (χ4n) is 4.12. The molecule has 6 nitrogen and oxygen atoms in total. The van der Waals surface area contributed by atoms with Crippen molar-refractivity contribution in [2.75, 3.05) is 0 Å². The van der Waals surface area contributed by atoms with Crippen LogP contribution in [0.1, 0.15) is 11.1 Å². The van der Waals surface area contributed by atoms with Crippen molar-refractivity contribution in [2.24, 2.45) is 5.92 Å². The number of carbonyl (C=O) groups is 2. The smallest absolute Gasteiger partial charge is 0.327 e. The highest BCUT2D eigenvalue weighted by Crippen LogP contribution is 2.27. The third-order valence-electron chi connectivity index (χ3n) is 5.95. The molecule has 0 bridgehead atoms. The third-order valence-corrected chi connectivity index (χ3v) is 5.95. The molecule has 0 radical (unpaired) electrons. The molecule has 0 aliphatic carbocycles. The van der Waals surface area contributed by atoms with Crippen LogP contribution in [-0.4, -0.2) is 28.0 Å². The molecule has 0 unspecified atom stereocenters. The molecule has 1 saturated heterocycles. The van der Waals surface area contributed by atoms with E-state index in [0.717, 1.165) is 33.3 Å². The number of para-hydroxylation sites is 1. The van der Waals surface area contributed by atoms with Crippen molar-refractivity contribution >= 4 is 22.8 Å². The summed E-state index contributed by atoms with van der Waals surface area (Å²) in [7, 11) is 0. The lowest BCUT2D eigenvalue weighted by atomic mass is 9.85. The van der Waals surface area contributed by atoms with Gasteiger partial charge in [-0.1, -0.05) is 60.7 Å². The van der Waals surface area contributed by atoms with Crippen molar-refractivity contribution in [1.82, 2.24) is 10.3 Å². The molecule has 1 aromatic heterocycles. The first-order chi connectivity index (χ1) is 16.1. The first kappa shape index (κ1) is 20.7. The Labute approximate surface area is 190 Å². The zero-order chi connectivity index (χ0) is 22.8. The number of rotatable bonds is 7. The fourth-order valence-corrected chi connectivity index (χ4v) is 4.12. The van der Waals surface area contributed by atoms with Crippen molar-refractivity contribution in [3.8, 4) is 17.0 Å². The molecule has 1 fully saturated rings. The molecule has 2 atom stereocenters. The maximum absolute atomic E-state index is 11.7. The largest absolute Gasteiger partial charge is 0.489 e. The van der Waals surface area contributed by atoms with Crippen molar-refractivity contribution < 1.29 is 19.4 Å². The highest BCUT2D eigenvalue weighted by atomic mass is 16.5. The number of hydrogen-bond acceptors (Lipinski definition) is 4. The third kappa shape index (κ3) is 4.28. The summed E-state index contributed by atoms with van der Waals surface area (Å²) < 4.78 is 6.07. The molecule has 0 saturated carbocycles. The monoisotopic (exact) mass is 438 g/mol. The lowest BCUT2D eigenvalue weighted by molar-refractivity contribution is -0.153. The van der Waals surface area contributed by atoms with Gasteiger partial charge < -0.3 is 15.2 Å². The van der Waals surface area contributed by atoms with Gasteiger partial charge in [0, 0.05) is 16.5 Å². The van der Waals surface area contributed by atoms with Crippen molar-refractivity contribution in [3.63, 3.8) is 0 Å².